The van der Waals surface area contributed by atoms with Crippen LogP contribution in [0.15, 0.2) is 18.2 Å². The molecule has 0 aliphatic carbocycles. The van der Waals surface area contributed by atoms with Gasteiger partial charge in [-0.1, -0.05) is 26.7 Å². The van der Waals surface area contributed by atoms with Crippen LogP contribution in [0.25, 0.3) is 11.0 Å². The maximum Gasteiger partial charge on any atom is 0.201 e. The number of hydrogen-bond acceptors (Lipinski definition) is 2. The number of hydrogen-bond donors (Lipinski definition) is 2. The van der Waals surface area contributed by atoms with Crippen LogP contribution in [-0.4, -0.2) is 16.5 Å². The second-order valence-corrected chi connectivity index (χ2v) is 4.31. The Hall–Kier alpha value is -1.58. The van der Waals surface area contributed by atoms with Crippen molar-refractivity contribution in [2.75, 3.05) is 11.9 Å². The highest BCUT2D eigenvalue weighted by atomic mass is 19.1. The zero-order valence-corrected chi connectivity index (χ0v) is 10.3. The predicted molar refractivity (Wildman–Crippen MR) is 68.6 cm³/mol. The van der Waals surface area contributed by atoms with Gasteiger partial charge in [0.25, 0.3) is 0 Å². The molecule has 0 radical (unpaired) electrons. The molecule has 0 saturated heterocycles. The van der Waals surface area contributed by atoms with E-state index >= 15 is 0 Å². The summed E-state index contributed by atoms with van der Waals surface area (Å²) in [5.74, 6) is 1.13. The molecule has 0 bridgehead atoms. The lowest BCUT2D eigenvalue weighted by atomic mass is 10.0. The van der Waals surface area contributed by atoms with E-state index in [2.05, 4.69) is 29.1 Å². The van der Waals surface area contributed by atoms with Gasteiger partial charge >= 0.3 is 0 Å². The highest BCUT2D eigenvalue weighted by molar-refractivity contribution is 5.77. The molecule has 0 aliphatic rings. The largest absolute Gasteiger partial charge is 0.356 e. The van der Waals surface area contributed by atoms with Crippen LogP contribution in [0.5, 0.6) is 0 Å². The third kappa shape index (κ3) is 2.75. The van der Waals surface area contributed by atoms with Crippen LogP contribution in [-0.2, 0) is 0 Å². The zero-order valence-electron chi connectivity index (χ0n) is 10.3. The van der Waals surface area contributed by atoms with Crippen molar-refractivity contribution in [3.8, 4) is 0 Å². The molecule has 3 nitrogen and oxygen atoms in total. The molecule has 0 fully saturated rings. The van der Waals surface area contributed by atoms with E-state index in [1.807, 2.05) is 0 Å². The molecule has 1 heterocycles. The van der Waals surface area contributed by atoms with Gasteiger partial charge in [-0.05, 0) is 24.1 Å². The van der Waals surface area contributed by atoms with E-state index in [-0.39, 0.29) is 5.82 Å². The summed E-state index contributed by atoms with van der Waals surface area (Å²) in [6, 6.07) is 4.57. The monoisotopic (exact) mass is 235 g/mol. The highest BCUT2D eigenvalue weighted by Gasteiger charge is 2.06. The number of rotatable bonds is 5. The number of aromatic nitrogens is 2. The molecule has 0 amide bonds. The molecule has 2 rings (SSSR count). The van der Waals surface area contributed by atoms with Crippen LogP contribution in [0.2, 0.25) is 0 Å². The number of anilines is 1. The van der Waals surface area contributed by atoms with Gasteiger partial charge in [0.15, 0.2) is 0 Å². The van der Waals surface area contributed by atoms with Crippen LogP contribution in [0.3, 0.4) is 0 Å². The van der Waals surface area contributed by atoms with Crippen LogP contribution < -0.4 is 5.32 Å². The van der Waals surface area contributed by atoms with Crippen LogP contribution >= 0.6 is 0 Å². The first-order chi connectivity index (χ1) is 8.22. The SMILES string of the molecule is CCC(CC)CNc1nc2ccc(F)cc2[nH]1. The second kappa shape index (κ2) is 5.17. The lowest BCUT2D eigenvalue weighted by molar-refractivity contribution is 0.518. The smallest absolute Gasteiger partial charge is 0.201 e. The molecule has 4 heteroatoms. The van der Waals surface area contributed by atoms with Gasteiger partial charge in [-0.25, -0.2) is 9.37 Å². The number of fused-ring (bicyclic) bond motifs is 1. The Kier molecular flexibility index (Phi) is 3.61. The van der Waals surface area contributed by atoms with E-state index in [0.717, 1.165) is 36.4 Å². The maximum atomic E-state index is 13.0. The Morgan fingerprint density at radius 1 is 1.35 bits per heavy atom. The minimum absolute atomic E-state index is 0.243. The topological polar surface area (TPSA) is 40.7 Å². The fourth-order valence-corrected chi connectivity index (χ4v) is 1.88. The molecule has 17 heavy (non-hydrogen) atoms. The summed E-state index contributed by atoms with van der Waals surface area (Å²) in [7, 11) is 0. The maximum absolute atomic E-state index is 13.0. The second-order valence-electron chi connectivity index (χ2n) is 4.31. The quantitative estimate of drug-likeness (QED) is 0.832. The molecule has 0 unspecified atom stereocenters. The summed E-state index contributed by atoms with van der Waals surface area (Å²) in [4.78, 5) is 7.44. The van der Waals surface area contributed by atoms with Crippen molar-refractivity contribution in [1.82, 2.24) is 9.97 Å². The van der Waals surface area contributed by atoms with E-state index in [4.69, 9.17) is 0 Å². The van der Waals surface area contributed by atoms with Gasteiger partial charge in [0.05, 0.1) is 11.0 Å². The minimum atomic E-state index is -0.243. The van der Waals surface area contributed by atoms with E-state index in [0.29, 0.717) is 5.92 Å². The molecule has 1 aromatic carbocycles. The van der Waals surface area contributed by atoms with E-state index in [1.54, 1.807) is 6.07 Å². The summed E-state index contributed by atoms with van der Waals surface area (Å²) >= 11 is 0. The van der Waals surface area contributed by atoms with Gasteiger partial charge in [0, 0.05) is 6.54 Å². The lowest BCUT2D eigenvalue weighted by Gasteiger charge is -2.12. The number of H-pyrrole nitrogens is 1. The number of aromatic amines is 1. The Balaban J connectivity index is 2.09. The molecule has 1 aromatic heterocycles. The van der Waals surface area contributed by atoms with Crippen molar-refractivity contribution in [3.63, 3.8) is 0 Å². The van der Waals surface area contributed by atoms with Crippen molar-refractivity contribution in [2.45, 2.75) is 26.7 Å². The molecule has 0 atom stereocenters. The third-order valence-electron chi connectivity index (χ3n) is 3.16. The van der Waals surface area contributed by atoms with Crippen molar-refractivity contribution >= 4 is 17.0 Å². The summed E-state index contributed by atoms with van der Waals surface area (Å²) < 4.78 is 13.0. The van der Waals surface area contributed by atoms with Crippen LogP contribution in [0.4, 0.5) is 10.3 Å². The number of nitrogens with zero attached hydrogens (tertiary/aromatic N) is 1. The lowest BCUT2D eigenvalue weighted by Crippen LogP contribution is -2.13. The third-order valence-corrected chi connectivity index (χ3v) is 3.16. The standard InChI is InChI=1S/C13H18FN3/c1-3-9(4-2)8-15-13-16-11-6-5-10(14)7-12(11)17-13/h5-7,9H,3-4,8H2,1-2H3,(H2,15,16,17). The summed E-state index contributed by atoms with van der Waals surface area (Å²) in [6.07, 6.45) is 2.30. The van der Waals surface area contributed by atoms with Gasteiger partial charge in [0.1, 0.15) is 5.82 Å². The molecule has 92 valence electrons. The Morgan fingerprint density at radius 3 is 2.82 bits per heavy atom. The molecule has 0 spiro atoms. The van der Waals surface area contributed by atoms with E-state index in [9.17, 15) is 4.39 Å². The average molecular weight is 235 g/mol. The fraction of sp³-hybridized carbons (Fsp3) is 0.462. The summed E-state index contributed by atoms with van der Waals surface area (Å²) in [6.45, 7) is 5.27. The first-order valence-electron chi connectivity index (χ1n) is 6.12. The molecule has 0 saturated carbocycles. The Labute approximate surface area is 100 Å². The average Bonchev–Trinajstić information content (AvgIpc) is 2.72. The highest BCUT2D eigenvalue weighted by Crippen LogP contribution is 2.16. The summed E-state index contributed by atoms with van der Waals surface area (Å²) in [5, 5.41) is 3.27. The van der Waals surface area contributed by atoms with Crippen LogP contribution in [0, 0.1) is 11.7 Å². The van der Waals surface area contributed by atoms with Gasteiger partial charge in [-0.15, -0.1) is 0 Å². The number of imidazole rings is 1. The van der Waals surface area contributed by atoms with Gasteiger partial charge < -0.3 is 10.3 Å². The van der Waals surface area contributed by atoms with Crippen molar-refractivity contribution in [3.05, 3.63) is 24.0 Å². The van der Waals surface area contributed by atoms with Crippen molar-refractivity contribution in [1.29, 1.82) is 0 Å². The van der Waals surface area contributed by atoms with E-state index < -0.39 is 0 Å². The Morgan fingerprint density at radius 2 is 2.12 bits per heavy atom. The molecule has 2 N–H and O–H groups in total. The minimum Gasteiger partial charge on any atom is -0.356 e. The zero-order chi connectivity index (χ0) is 12.3. The van der Waals surface area contributed by atoms with Crippen molar-refractivity contribution in [2.24, 2.45) is 5.92 Å². The first kappa shape index (κ1) is 11.9. The van der Waals surface area contributed by atoms with Gasteiger partial charge in [0.2, 0.25) is 5.95 Å². The normalized spacial score (nSPS) is 11.3. The van der Waals surface area contributed by atoms with E-state index in [1.165, 1.54) is 12.1 Å². The van der Waals surface area contributed by atoms with Gasteiger partial charge in [-0.3, -0.25) is 0 Å². The van der Waals surface area contributed by atoms with Gasteiger partial charge in [-0.2, -0.15) is 0 Å². The first-order valence-corrected chi connectivity index (χ1v) is 6.12. The predicted octanol–water partition coefficient (Wildman–Crippen LogP) is 3.55. The Bertz CT molecular complexity index is 488. The molecule has 2 aromatic rings. The van der Waals surface area contributed by atoms with Crippen molar-refractivity contribution < 1.29 is 4.39 Å². The molecular weight excluding hydrogens is 217 g/mol. The number of benzene rings is 1. The fourth-order valence-electron chi connectivity index (χ4n) is 1.88. The molecule has 0 aliphatic heterocycles. The number of nitrogens with one attached hydrogen (secondary N) is 2. The molecular formula is C13H18FN3. The van der Waals surface area contributed by atoms with Crippen LogP contribution in [0.1, 0.15) is 26.7 Å². The number of halogens is 1. The summed E-state index contributed by atoms with van der Waals surface area (Å²) in [5.41, 5.74) is 1.52.